The minimum absolute atomic E-state index is 0.116. The summed E-state index contributed by atoms with van der Waals surface area (Å²) in [6, 6.07) is 17.2. The quantitative estimate of drug-likeness (QED) is 0.436. The van der Waals surface area contributed by atoms with Crippen LogP contribution in [0.1, 0.15) is 11.5 Å². The van der Waals surface area contributed by atoms with Crippen LogP contribution in [0.2, 0.25) is 5.02 Å². The minimum Gasteiger partial charge on any atom is -0.340 e. The number of amides is 1. The van der Waals surface area contributed by atoms with Crippen molar-refractivity contribution in [2.45, 2.75) is 13.0 Å². The van der Waals surface area contributed by atoms with Gasteiger partial charge >= 0.3 is 0 Å². The van der Waals surface area contributed by atoms with Gasteiger partial charge < -0.3 is 9.42 Å². The molecule has 0 radical (unpaired) electrons. The molecule has 4 aromatic rings. The van der Waals surface area contributed by atoms with Gasteiger partial charge in [0.05, 0.1) is 24.8 Å². The van der Waals surface area contributed by atoms with Gasteiger partial charge in [-0.05, 0) is 42.0 Å². The second-order valence-corrected chi connectivity index (χ2v) is 8.42. The highest BCUT2D eigenvalue weighted by Gasteiger charge is 2.23. The number of carbonyl (C=O) groups is 1. The van der Waals surface area contributed by atoms with Crippen LogP contribution in [0, 0.1) is 0 Å². The van der Waals surface area contributed by atoms with E-state index in [0.29, 0.717) is 42.8 Å². The lowest BCUT2D eigenvalue weighted by molar-refractivity contribution is -0.132. The van der Waals surface area contributed by atoms with Crippen LogP contribution >= 0.6 is 11.6 Å². The van der Waals surface area contributed by atoms with Crippen molar-refractivity contribution in [1.29, 1.82) is 0 Å². The molecule has 1 saturated heterocycles. The fourth-order valence-electron chi connectivity index (χ4n) is 3.84. The summed E-state index contributed by atoms with van der Waals surface area (Å²) < 4.78 is 7.21. The van der Waals surface area contributed by atoms with Crippen molar-refractivity contribution in [3.63, 3.8) is 0 Å². The molecule has 5 rings (SSSR count). The smallest absolute Gasteiger partial charge is 0.241 e. The molecular formula is C24H23ClN6O2. The summed E-state index contributed by atoms with van der Waals surface area (Å²) in [6.45, 7) is 3.42. The predicted octanol–water partition coefficient (Wildman–Crippen LogP) is 3.46. The highest BCUT2D eigenvalue weighted by molar-refractivity contribution is 6.30. The number of hydrogen-bond donors (Lipinski definition) is 0. The van der Waals surface area contributed by atoms with Crippen molar-refractivity contribution in [3.05, 3.63) is 83.5 Å². The topological polar surface area (TPSA) is 80.3 Å². The Morgan fingerprint density at radius 2 is 1.76 bits per heavy atom. The molecule has 0 bridgehead atoms. The average Bonchev–Trinajstić information content (AvgIpc) is 3.51. The molecule has 0 spiro atoms. The average molecular weight is 463 g/mol. The van der Waals surface area contributed by atoms with E-state index in [-0.39, 0.29) is 5.91 Å². The van der Waals surface area contributed by atoms with E-state index in [2.05, 4.69) is 20.1 Å². The normalized spacial score (nSPS) is 14.5. The van der Waals surface area contributed by atoms with Crippen molar-refractivity contribution < 1.29 is 9.32 Å². The number of halogens is 1. The van der Waals surface area contributed by atoms with Gasteiger partial charge in [-0.15, -0.1) is 0 Å². The van der Waals surface area contributed by atoms with E-state index < -0.39 is 0 Å². The number of hydrogen-bond acceptors (Lipinski definition) is 6. The first-order valence-electron chi connectivity index (χ1n) is 10.8. The van der Waals surface area contributed by atoms with Gasteiger partial charge in [-0.3, -0.25) is 9.69 Å². The van der Waals surface area contributed by atoms with Crippen LogP contribution in [0.5, 0.6) is 0 Å². The van der Waals surface area contributed by atoms with Crippen LogP contribution in [-0.4, -0.2) is 61.8 Å². The van der Waals surface area contributed by atoms with E-state index in [1.807, 2.05) is 53.6 Å². The zero-order valence-electron chi connectivity index (χ0n) is 18.0. The Balaban J connectivity index is 1.12. The van der Waals surface area contributed by atoms with Crippen molar-refractivity contribution in [2.24, 2.45) is 0 Å². The Hall–Kier alpha value is -3.49. The summed E-state index contributed by atoms with van der Waals surface area (Å²) >= 11 is 5.94. The first-order valence-corrected chi connectivity index (χ1v) is 11.2. The standard InChI is InChI=1S/C24H23ClN6O2/c25-20-8-6-19(7-9-20)24-27-22(33-28-24)17-29-10-12-30(13-11-29)23(32)14-18-15-26-31(16-18)21-4-2-1-3-5-21/h1-9,15-16H,10-14,17H2. The Kier molecular flexibility index (Phi) is 6.19. The summed E-state index contributed by atoms with van der Waals surface area (Å²) in [4.78, 5) is 21.4. The third-order valence-electron chi connectivity index (χ3n) is 5.67. The van der Waals surface area contributed by atoms with Gasteiger partial charge in [0.25, 0.3) is 0 Å². The number of nitrogens with zero attached hydrogens (tertiary/aromatic N) is 6. The maximum Gasteiger partial charge on any atom is 0.241 e. The summed E-state index contributed by atoms with van der Waals surface area (Å²) in [5, 5.41) is 9.11. The number of piperazine rings is 1. The van der Waals surface area contributed by atoms with Gasteiger partial charge in [0.2, 0.25) is 17.6 Å². The number of aromatic nitrogens is 4. The molecule has 1 fully saturated rings. The largest absolute Gasteiger partial charge is 0.340 e. The fourth-order valence-corrected chi connectivity index (χ4v) is 3.97. The molecule has 0 saturated carbocycles. The lowest BCUT2D eigenvalue weighted by atomic mass is 10.2. The molecule has 3 heterocycles. The van der Waals surface area contributed by atoms with Gasteiger partial charge in [-0.1, -0.05) is 35.0 Å². The van der Waals surface area contributed by atoms with Gasteiger partial charge in [-0.25, -0.2) is 4.68 Å². The second-order valence-electron chi connectivity index (χ2n) is 7.98. The van der Waals surface area contributed by atoms with E-state index in [1.54, 1.807) is 23.0 Å². The molecule has 1 amide bonds. The molecule has 2 aromatic heterocycles. The number of rotatable bonds is 6. The van der Waals surface area contributed by atoms with Gasteiger partial charge in [0, 0.05) is 43.0 Å². The van der Waals surface area contributed by atoms with Crippen molar-refractivity contribution in [3.8, 4) is 17.1 Å². The molecule has 0 N–H and O–H groups in total. The SMILES string of the molecule is O=C(Cc1cnn(-c2ccccc2)c1)N1CCN(Cc2nc(-c3ccc(Cl)cc3)no2)CC1. The predicted molar refractivity (Wildman–Crippen MR) is 124 cm³/mol. The van der Waals surface area contributed by atoms with Gasteiger partial charge in [0.1, 0.15) is 0 Å². The summed E-state index contributed by atoms with van der Waals surface area (Å²) in [7, 11) is 0. The molecule has 0 aliphatic carbocycles. The van der Waals surface area contributed by atoms with Crippen LogP contribution in [0.15, 0.2) is 71.5 Å². The van der Waals surface area contributed by atoms with E-state index in [4.69, 9.17) is 16.1 Å². The number of benzene rings is 2. The molecular weight excluding hydrogens is 440 g/mol. The zero-order valence-corrected chi connectivity index (χ0v) is 18.7. The van der Waals surface area contributed by atoms with Crippen LogP contribution in [0.25, 0.3) is 17.1 Å². The highest BCUT2D eigenvalue weighted by atomic mass is 35.5. The van der Waals surface area contributed by atoms with Crippen molar-refractivity contribution >= 4 is 17.5 Å². The summed E-state index contributed by atoms with van der Waals surface area (Å²) in [5.41, 5.74) is 2.75. The molecule has 1 aliphatic heterocycles. The molecule has 0 atom stereocenters. The summed E-state index contributed by atoms with van der Waals surface area (Å²) in [5.74, 6) is 1.23. The molecule has 8 nitrogen and oxygen atoms in total. The third-order valence-corrected chi connectivity index (χ3v) is 5.92. The molecule has 33 heavy (non-hydrogen) atoms. The van der Waals surface area contributed by atoms with Crippen LogP contribution in [-0.2, 0) is 17.8 Å². The molecule has 1 aliphatic rings. The van der Waals surface area contributed by atoms with Crippen LogP contribution in [0.4, 0.5) is 0 Å². The van der Waals surface area contributed by atoms with Crippen molar-refractivity contribution in [2.75, 3.05) is 26.2 Å². The van der Waals surface area contributed by atoms with Gasteiger partial charge in [-0.2, -0.15) is 10.1 Å². The highest BCUT2D eigenvalue weighted by Crippen LogP contribution is 2.19. The zero-order chi connectivity index (χ0) is 22.6. The Morgan fingerprint density at radius 1 is 1.00 bits per heavy atom. The maximum absolute atomic E-state index is 12.8. The maximum atomic E-state index is 12.8. The molecule has 0 unspecified atom stereocenters. The first-order chi connectivity index (χ1) is 16.1. The van der Waals surface area contributed by atoms with E-state index in [9.17, 15) is 4.79 Å². The molecule has 9 heteroatoms. The summed E-state index contributed by atoms with van der Waals surface area (Å²) in [6.07, 6.45) is 4.02. The van der Waals surface area contributed by atoms with E-state index in [0.717, 1.165) is 29.9 Å². The Morgan fingerprint density at radius 3 is 2.52 bits per heavy atom. The Bertz CT molecular complexity index is 1210. The number of carbonyl (C=O) groups excluding carboxylic acids is 1. The van der Waals surface area contributed by atoms with Crippen molar-refractivity contribution in [1.82, 2.24) is 29.7 Å². The third kappa shape index (κ3) is 5.13. The lowest BCUT2D eigenvalue weighted by Gasteiger charge is -2.33. The first kappa shape index (κ1) is 21.4. The van der Waals surface area contributed by atoms with Crippen LogP contribution in [0.3, 0.4) is 0 Å². The molecule has 168 valence electrons. The lowest BCUT2D eigenvalue weighted by Crippen LogP contribution is -2.48. The molecule has 2 aromatic carbocycles. The number of para-hydroxylation sites is 1. The van der Waals surface area contributed by atoms with Crippen LogP contribution < -0.4 is 0 Å². The Labute approximate surface area is 196 Å². The minimum atomic E-state index is 0.116. The van der Waals surface area contributed by atoms with E-state index >= 15 is 0 Å². The van der Waals surface area contributed by atoms with Gasteiger partial charge in [0.15, 0.2) is 0 Å². The fraction of sp³-hybridized carbons (Fsp3) is 0.250. The van der Waals surface area contributed by atoms with E-state index in [1.165, 1.54) is 0 Å². The monoisotopic (exact) mass is 462 g/mol. The second kappa shape index (κ2) is 9.56.